The van der Waals surface area contributed by atoms with E-state index in [0.717, 1.165) is 37.1 Å². The highest BCUT2D eigenvalue weighted by atomic mass is 16.2. The van der Waals surface area contributed by atoms with E-state index in [2.05, 4.69) is 34.9 Å². The second-order valence-corrected chi connectivity index (χ2v) is 8.17. The standard InChI is InChI=1S/C20H28N2O/c23-19(21-8-4-7-15-5-2-1-3-6-15)22-20-12-16-9-17(13-20)11-18(10-16)14-20/h1-3,5-6,16-18H,4,7-14H2,(H2,21,22,23). The molecule has 2 N–H and O–H groups in total. The van der Waals surface area contributed by atoms with E-state index in [-0.39, 0.29) is 11.6 Å². The fraction of sp³-hybridized carbons (Fsp3) is 0.650. The summed E-state index contributed by atoms with van der Waals surface area (Å²) in [5.41, 5.74) is 1.47. The molecule has 0 spiro atoms. The zero-order valence-electron chi connectivity index (χ0n) is 13.9. The van der Waals surface area contributed by atoms with Crippen molar-refractivity contribution in [2.24, 2.45) is 17.8 Å². The van der Waals surface area contributed by atoms with E-state index < -0.39 is 0 Å². The molecule has 3 heteroatoms. The molecule has 4 bridgehead atoms. The predicted octanol–water partition coefficient (Wildman–Crippen LogP) is 3.89. The van der Waals surface area contributed by atoms with Gasteiger partial charge in [0, 0.05) is 12.1 Å². The Hall–Kier alpha value is -1.51. The summed E-state index contributed by atoms with van der Waals surface area (Å²) in [7, 11) is 0. The first-order valence-electron chi connectivity index (χ1n) is 9.31. The van der Waals surface area contributed by atoms with Crippen molar-refractivity contribution in [1.82, 2.24) is 10.6 Å². The van der Waals surface area contributed by atoms with Crippen LogP contribution in [0.4, 0.5) is 4.79 Å². The van der Waals surface area contributed by atoms with Crippen LogP contribution in [0, 0.1) is 17.8 Å². The van der Waals surface area contributed by atoms with Crippen LogP contribution in [0.5, 0.6) is 0 Å². The molecule has 1 aromatic carbocycles. The Morgan fingerprint density at radius 3 is 2.22 bits per heavy atom. The molecule has 4 saturated carbocycles. The maximum Gasteiger partial charge on any atom is 0.315 e. The van der Waals surface area contributed by atoms with Gasteiger partial charge < -0.3 is 10.6 Å². The van der Waals surface area contributed by atoms with Crippen LogP contribution < -0.4 is 10.6 Å². The second-order valence-electron chi connectivity index (χ2n) is 8.17. The van der Waals surface area contributed by atoms with Crippen LogP contribution in [0.15, 0.2) is 30.3 Å². The highest BCUT2D eigenvalue weighted by Crippen LogP contribution is 2.55. The molecule has 0 aromatic heterocycles. The predicted molar refractivity (Wildman–Crippen MR) is 92.2 cm³/mol. The summed E-state index contributed by atoms with van der Waals surface area (Å²) >= 11 is 0. The summed E-state index contributed by atoms with van der Waals surface area (Å²) in [6.07, 6.45) is 9.93. The van der Waals surface area contributed by atoms with Gasteiger partial charge in [0.15, 0.2) is 0 Å². The number of nitrogens with one attached hydrogen (secondary N) is 2. The van der Waals surface area contributed by atoms with E-state index in [4.69, 9.17) is 0 Å². The van der Waals surface area contributed by atoms with Crippen molar-refractivity contribution in [3.8, 4) is 0 Å². The second kappa shape index (κ2) is 6.18. The Bertz CT molecular complexity index is 519. The normalized spacial score (nSPS) is 34.3. The molecule has 23 heavy (non-hydrogen) atoms. The van der Waals surface area contributed by atoms with Crippen molar-refractivity contribution in [3.05, 3.63) is 35.9 Å². The lowest BCUT2D eigenvalue weighted by atomic mass is 9.53. The molecule has 0 atom stereocenters. The summed E-state index contributed by atoms with van der Waals surface area (Å²) in [6.45, 7) is 0.757. The third kappa shape index (κ3) is 3.39. The van der Waals surface area contributed by atoms with Crippen molar-refractivity contribution in [3.63, 3.8) is 0 Å². The maximum absolute atomic E-state index is 12.3. The average Bonchev–Trinajstić information content (AvgIpc) is 2.51. The zero-order valence-corrected chi connectivity index (χ0v) is 13.9. The highest BCUT2D eigenvalue weighted by molar-refractivity contribution is 5.74. The van der Waals surface area contributed by atoms with Gasteiger partial charge in [-0.3, -0.25) is 0 Å². The Kier molecular flexibility index (Phi) is 4.04. The molecule has 4 aliphatic carbocycles. The fourth-order valence-electron chi connectivity index (χ4n) is 5.69. The van der Waals surface area contributed by atoms with Gasteiger partial charge in [-0.2, -0.15) is 0 Å². The molecule has 2 amide bonds. The van der Waals surface area contributed by atoms with Gasteiger partial charge in [0.1, 0.15) is 0 Å². The summed E-state index contributed by atoms with van der Waals surface area (Å²) < 4.78 is 0. The van der Waals surface area contributed by atoms with Crippen LogP contribution in [-0.4, -0.2) is 18.1 Å². The van der Waals surface area contributed by atoms with Crippen molar-refractivity contribution >= 4 is 6.03 Å². The SMILES string of the molecule is O=C(NCCCc1ccccc1)NC12CC3CC(CC(C3)C1)C2. The van der Waals surface area contributed by atoms with Crippen LogP contribution in [0.3, 0.4) is 0 Å². The van der Waals surface area contributed by atoms with Crippen molar-refractivity contribution < 1.29 is 4.79 Å². The first-order chi connectivity index (χ1) is 11.2. The van der Waals surface area contributed by atoms with E-state index in [1.54, 1.807) is 0 Å². The number of hydrogen-bond donors (Lipinski definition) is 2. The minimum absolute atomic E-state index is 0.0556. The summed E-state index contributed by atoms with van der Waals surface area (Å²) in [4.78, 5) is 12.3. The van der Waals surface area contributed by atoms with E-state index in [1.807, 2.05) is 6.07 Å². The van der Waals surface area contributed by atoms with Crippen LogP contribution in [-0.2, 0) is 6.42 Å². The molecule has 5 rings (SSSR count). The Morgan fingerprint density at radius 2 is 1.61 bits per heavy atom. The number of urea groups is 1. The Balaban J connectivity index is 1.23. The number of benzene rings is 1. The molecular weight excluding hydrogens is 284 g/mol. The van der Waals surface area contributed by atoms with E-state index in [1.165, 1.54) is 44.1 Å². The van der Waals surface area contributed by atoms with Crippen molar-refractivity contribution in [2.45, 2.75) is 56.9 Å². The van der Waals surface area contributed by atoms with E-state index in [9.17, 15) is 4.79 Å². The minimum Gasteiger partial charge on any atom is -0.338 e. The zero-order chi connectivity index (χ0) is 15.7. The Morgan fingerprint density at radius 1 is 1.00 bits per heavy atom. The first-order valence-corrected chi connectivity index (χ1v) is 9.31. The highest BCUT2D eigenvalue weighted by Gasteiger charge is 2.51. The van der Waals surface area contributed by atoms with Gasteiger partial charge in [-0.05, 0) is 74.7 Å². The third-order valence-electron chi connectivity index (χ3n) is 6.19. The number of aryl methyl sites for hydroxylation is 1. The smallest absolute Gasteiger partial charge is 0.315 e. The lowest BCUT2D eigenvalue weighted by Crippen LogP contribution is -2.61. The molecule has 0 aliphatic heterocycles. The van der Waals surface area contributed by atoms with E-state index in [0.29, 0.717) is 0 Å². The minimum atomic E-state index is 0.0556. The molecule has 0 radical (unpaired) electrons. The first kappa shape index (κ1) is 15.0. The molecule has 0 saturated heterocycles. The van der Waals surface area contributed by atoms with Gasteiger partial charge in [0.2, 0.25) is 0 Å². The lowest BCUT2D eigenvalue weighted by Gasteiger charge is -2.56. The number of carbonyl (C=O) groups is 1. The van der Waals surface area contributed by atoms with Crippen molar-refractivity contribution in [1.29, 1.82) is 0 Å². The van der Waals surface area contributed by atoms with Crippen LogP contribution in [0.1, 0.15) is 50.5 Å². The third-order valence-corrected chi connectivity index (χ3v) is 6.19. The van der Waals surface area contributed by atoms with Crippen LogP contribution in [0.2, 0.25) is 0 Å². The van der Waals surface area contributed by atoms with Gasteiger partial charge in [-0.1, -0.05) is 30.3 Å². The van der Waals surface area contributed by atoms with Gasteiger partial charge >= 0.3 is 6.03 Å². The fourth-order valence-corrected chi connectivity index (χ4v) is 5.69. The summed E-state index contributed by atoms with van der Waals surface area (Å²) in [6, 6.07) is 10.5. The largest absolute Gasteiger partial charge is 0.338 e. The van der Waals surface area contributed by atoms with Crippen LogP contribution >= 0.6 is 0 Å². The van der Waals surface area contributed by atoms with Gasteiger partial charge in [0.25, 0.3) is 0 Å². The topological polar surface area (TPSA) is 41.1 Å². The number of rotatable bonds is 5. The van der Waals surface area contributed by atoms with E-state index >= 15 is 0 Å². The molecule has 1 aromatic rings. The molecule has 0 heterocycles. The van der Waals surface area contributed by atoms with Crippen molar-refractivity contribution in [2.75, 3.05) is 6.54 Å². The van der Waals surface area contributed by atoms with Gasteiger partial charge in [-0.15, -0.1) is 0 Å². The van der Waals surface area contributed by atoms with Crippen LogP contribution in [0.25, 0.3) is 0 Å². The monoisotopic (exact) mass is 312 g/mol. The summed E-state index contributed by atoms with van der Waals surface area (Å²) in [5, 5.41) is 6.45. The Labute approximate surface area is 139 Å². The molecule has 3 nitrogen and oxygen atoms in total. The molecule has 0 unspecified atom stereocenters. The molecule has 4 aliphatic rings. The molecule has 124 valence electrons. The molecule has 4 fully saturated rings. The van der Waals surface area contributed by atoms with Gasteiger partial charge in [-0.25, -0.2) is 4.79 Å². The van der Waals surface area contributed by atoms with Gasteiger partial charge in [0.05, 0.1) is 0 Å². The number of carbonyl (C=O) groups excluding carboxylic acids is 1. The quantitative estimate of drug-likeness (QED) is 0.796. The summed E-state index contributed by atoms with van der Waals surface area (Å²) in [5.74, 6) is 2.62. The maximum atomic E-state index is 12.3. The molecular formula is C20H28N2O. The lowest BCUT2D eigenvalue weighted by molar-refractivity contribution is -0.0135. The average molecular weight is 312 g/mol. The number of amides is 2. The number of hydrogen-bond acceptors (Lipinski definition) is 1.